The van der Waals surface area contributed by atoms with Gasteiger partial charge in [0, 0.05) is 5.56 Å². The molecule has 4 rings (SSSR count). The summed E-state index contributed by atoms with van der Waals surface area (Å²) >= 11 is 0. The molecule has 0 aliphatic carbocycles. The Balaban J connectivity index is 1.65. The smallest absolute Gasteiger partial charge is 0.266 e. The van der Waals surface area contributed by atoms with Crippen LogP contribution in [0.2, 0.25) is 0 Å². The number of imide groups is 1. The topological polar surface area (TPSA) is 75.7 Å². The lowest BCUT2D eigenvalue weighted by Gasteiger charge is -2.17. The normalized spacial score (nSPS) is 12.7. The second-order valence-corrected chi connectivity index (χ2v) is 7.38. The van der Waals surface area contributed by atoms with Gasteiger partial charge in [-0.25, -0.2) is 4.90 Å². The highest BCUT2D eigenvalue weighted by Gasteiger charge is 2.37. The van der Waals surface area contributed by atoms with Gasteiger partial charge in [-0.1, -0.05) is 24.3 Å². The predicted octanol–water partition coefficient (Wildman–Crippen LogP) is 4.76. The Bertz CT molecular complexity index is 1220. The fraction of sp³-hybridized carbons (Fsp3) is 0.160. The first-order chi connectivity index (χ1) is 14.9. The molecule has 0 spiro atoms. The van der Waals surface area contributed by atoms with E-state index >= 15 is 0 Å². The van der Waals surface area contributed by atoms with Crippen molar-refractivity contribution in [1.82, 2.24) is 0 Å². The minimum atomic E-state index is -0.432. The third kappa shape index (κ3) is 3.68. The highest BCUT2D eigenvalue weighted by Crippen LogP contribution is 2.32. The van der Waals surface area contributed by atoms with Gasteiger partial charge < -0.3 is 10.1 Å². The van der Waals surface area contributed by atoms with Crippen LogP contribution in [0.15, 0.2) is 60.7 Å². The van der Waals surface area contributed by atoms with E-state index in [2.05, 4.69) is 5.32 Å². The van der Waals surface area contributed by atoms with E-state index in [1.54, 1.807) is 24.3 Å². The highest BCUT2D eigenvalue weighted by atomic mass is 16.5. The number of rotatable bonds is 5. The molecule has 0 atom stereocenters. The van der Waals surface area contributed by atoms with Gasteiger partial charge in [0.2, 0.25) is 0 Å². The van der Waals surface area contributed by atoms with Crippen LogP contribution in [0.4, 0.5) is 11.4 Å². The van der Waals surface area contributed by atoms with Crippen LogP contribution in [0, 0.1) is 13.8 Å². The maximum Gasteiger partial charge on any atom is 0.266 e. The molecule has 3 amide bonds. The molecule has 3 aromatic carbocycles. The lowest BCUT2D eigenvalue weighted by Crippen LogP contribution is -2.30. The van der Waals surface area contributed by atoms with E-state index in [4.69, 9.17) is 4.74 Å². The predicted molar refractivity (Wildman–Crippen MR) is 119 cm³/mol. The summed E-state index contributed by atoms with van der Waals surface area (Å²) in [6.07, 6.45) is 0. The zero-order valence-electron chi connectivity index (χ0n) is 17.6. The van der Waals surface area contributed by atoms with E-state index in [-0.39, 0.29) is 28.5 Å². The van der Waals surface area contributed by atoms with Gasteiger partial charge in [-0.2, -0.15) is 0 Å². The summed E-state index contributed by atoms with van der Waals surface area (Å²) < 4.78 is 5.54. The molecule has 0 radical (unpaired) electrons. The summed E-state index contributed by atoms with van der Waals surface area (Å²) in [7, 11) is 0. The fourth-order valence-electron chi connectivity index (χ4n) is 3.61. The molecule has 0 unspecified atom stereocenters. The first-order valence-electron chi connectivity index (χ1n) is 10.0. The van der Waals surface area contributed by atoms with Crippen LogP contribution in [-0.2, 0) is 0 Å². The molecule has 1 aliphatic heterocycles. The molecular weight excluding hydrogens is 392 g/mol. The number of ether oxygens (including phenoxy) is 1. The Morgan fingerprint density at radius 1 is 0.935 bits per heavy atom. The summed E-state index contributed by atoms with van der Waals surface area (Å²) in [6.45, 7) is 6.09. The molecule has 1 N–H and O–H groups in total. The minimum absolute atomic E-state index is 0.219. The number of nitrogens with zero attached hydrogens (tertiary/aromatic N) is 1. The van der Waals surface area contributed by atoms with Crippen molar-refractivity contribution >= 4 is 29.1 Å². The highest BCUT2D eigenvalue weighted by molar-refractivity contribution is 6.35. The minimum Gasteiger partial charge on any atom is -0.492 e. The van der Waals surface area contributed by atoms with Crippen molar-refractivity contribution in [2.24, 2.45) is 0 Å². The number of carbonyl (C=O) groups excluding carboxylic acids is 3. The van der Waals surface area contributed by atoms with E-state index < -0.39 is 5.91 Å². The van der Waals surface area contributed by atoms with Crippen LogP contribution in [0.3, 0.4) is 0 Å². The first kappa shape index (κ1) is 20.3. The number of fused-ring (bicyclic) bond motifs is 1. The maximum absolute atomic E-state index is 13.1. The Hall–Kier alpha value is -3.93. The van der Waals surface area contributed by atoms with Crippen molar-refractivity contribution in [3.63, 3.8) is 0 Å². The molecule has 6 heteroatoms. The first-order valence-corrected chi connectivity index (χ1v) is 10.0. The molecule has 3 aromatic rings. The number of amides is 3. The summed E-state index contributed by atoms with van der Waals surface area (Å²) in [5, 5.41) is 2.81. The van der Waals surface area contributed by atoms with E-state index in [0.717, 1.165) is 11.1 Å². The van der Waals surface area contributed by atoms with Gasteiger partial charge in [0.05, 0.1) is 29.1 Å². The molecule has 0 aromatic heterocycles. The quantitative estimate of drug-likeness (QED) is 0.611. The van der Waals surface area contributed by atoms with E-state index in [1.807, 2.05) is 45.0 Å². The van der Waals surface area contributed by atoms with Crippen molar-refractivity contribution < 1.29 is 19.1 Å². The number of benzene rings is 3. The molecule has 31 heavy (non-hydrogen) atoms. The second-order valence-electron chi connectivity index (χ2n) is 7.38. The molecule has 1 aliphatic rings. The molecular formula is C25H22N2O4. The average molecular weight is 414 g/mol. The van der Waals surface area contributed by atoms with Gasteiger partial charge in [-0.3, -0.25) is 14.4 Å². The van der Waals surface area contributed by atoms with E-state index in [1.165, 1.54) is 17.0 Å². The Kier molecular flexibility index (Phi) is 5.29. The summed E-state index contributed by atoms with van der Waals surface area (Å²) in [4.78, 5) is 40.1. The van der Waals surface area contributed by atoms with Gasteiger partial charge in [0.15, 0.2) is 0 Å². The van der Waals surface area contributed by atoms with E-state index in [0.29, 0.717) is 23.7 Å². The molecule has 0 fully saturated rings. The van der Waals surface area contributed by atoms with Crippen LogP contribution in [0.5, 0.6) is 5.75 Å². The summed E-state index contributed by atoms with van der Waals surface area (Å²) in [5.74, 6) is -0.646. The van der Waals surface area contributed by atoms with Crippen LogP contribution >= 0.6 is 0 Å². The van der Waals surface area contributed by atoms with Gasteiger partial charge in [0.1, 0.15) is 5.75 Å². The zero-order chi connectivity index (χ0) is 22.1. The third-order valence-electron chi connectivity index (χ3n) is 5.19. The number of hydrogen-bond donors (Lipinski definition) is 1. The number of carbonyl (C=O) groups is 3. The van der Waals surface area contributed by atoms with Crippen molar-refractivity contribution in [2.75, 3.05) is 16.8 Å². The lowest BCUT2D eigenvalue weighted by molar-refractivity contribution is 0.0925. The third-order valence-corrected chi connectivity index (χ3v) is 5.19. The lowest BCUT2D eigenvalue weighted by atomic mass is 10.1. The van der Waals surface area contributed by atoms with Crippen LogP contribution < -0.4 is 15.0 Å². The SMILES string of the molecule is CCOc1ccccc1NC(=O)c1ccc2c(c1)C(=O)N(c1cc(C)ccc1C)C2=O. The Labute approximate surface area is 180 Å². The van der Waals surface area contributed by atoms with Crippen LogP contribution in [-0.4, -0.2) is 24.3 Å². The number of hydrogen-bond acceptors (Lipinski definition) is 4. The van der Waals surface area contributed by atoms with Crippen molar-refractivity contribution in [1.29, 1.82) is 0 Å². The molecule has 1 heterocycles. The van der Waals surface area contributed by atoms with Crippen molar-refractivity contribution in [2.45, 2.75) is 20.8 Å². The van der Waals surface area contributed by atoms with Crippen LogP contribution in [0.25, 0.3) is 0 Å². The standard InChI is InChI=1S/C25H22N2O4/c1-4-31-22-8-6-5-7-20(22)26-23(28)17-11-12-18-19(14-17)25(30)27(24(18)29)21-13-15(2)9-10-16(21)3/h5-14H,4H2,1-3H3,(H,26,28). The van der Waals surface area contributed by atoms with Gasteiger partial charge in [-0.15, -0.1) is 0 Å². The zero-order valence-corrected chi connectivity index (χ0v) is 17.6. The Morgan fingerprint density at radius 3 is 2.45 bits per heavy atom. The maximum atomic E-state index is 13.1. The number of nitrogens with one attached hydrogen (secondary N) is 1. The Morgan fingerprint density at radius 2 is 1.68 bits per heavy atom. The molecule has 156 valence electrons. The van der Waals surface area contributed by atoms with Gasteiger partial charge in [-0.05, 0) is 68.3 Å². The number of anilines is 2. The van der Waals surface area contributed by atoms with Gasteiger partial charge >= 0.3 is 0 Å². The van der Waals surface area contributed by atoms with Gasteiger partial charge in [0.25, 0.3) is 17.7 Å². The molecule has 0 saturated carbocycles. The van der Waals surface area contributed by atoms with Crippen molar-refractivity contribution in [3.8, 4) is 5.75 Å². The number of aryl methyl sites for hydroxylation is 2. The number of para-hydroxylation sites is 2. The van der Waals surface area contributed by atoms with Crippen molar-refractivity contribution in [3.05, 3.63) is 88.5 Å². The fourth-order valence-corrected chi connectivity index (χ4v) is 3.61. The summed E-state index contributed by atoms with van der Waals surface area (Å²) in [5.41, 5.74) is 3.66. The van der Waals surface area contributed by atoms with Crippen LogP contribution in [0.1, 0.15) is 49.1 Å². The molecule has 6 nitrogen and oxygen atoms in total. The largest absolute Gasteiger partial charge is 0.492 e. The average Bonchev–Trinajstić information content (AvgIpc) is 3.01. The second kappa shape index (κ2) is 8.07. The monoisotopic (exact) mass is 414 g/mol. The van der Waals surface area contributed by atoms with E-state index in [9.17, 15) is 14.4 Å². The molecule has 0 bridgehead atoms. The molecule has 0 saturated heterocycles. The summed E-state index contributed by atoms with van der Waals surface area (Å²) in [6, 6.07) is 17.3.